The first-order valence-electron chi connectivity index (χ1n) is 3.62. The van der Waals surface area contributed by atoms with Crippen LogP contribution in [0.15, 0.2) is 0 Å². The van der Waals surface area contributed by atoms with Gasteiger partial charge in [-0.15, -0.1) is 46.4 Å². The van der Waals surface area contributed by atoms with E-state index in [1.807, 2.05) is 0 Å². The molecule has 0 atom stereocenters. The molecule has 0 saturated heterocycles. The van der Waals surface area contributed by atoms with Gasteiger partial charge in [0, 0.05) is 11.8 Å². The van der Waals surface area contributed by atoms with E-state index in [1.54, 1.807) is 0 Å². The van der Waals surface area contributed by atoms with Crippen molar-refractivity contribution in [2.45, 2.75) is 30.0 Å². The molecule has 0 unspecified atom stereocenters. The zero-order valence-electron chi connectivity index (χ0n) is 6.25. The summed E-state index contributed by atoms with van der Waals surface area (Å²) in [6, 6.07) is 0. The van der Waals surface area contributed by atoms with Crippen molar-refractivity contribution in [1.82, 2.24) is 0 Å². The predicted octanol–water partition coefficient (Wildman–Crippen LogP) is 4.20. The second-order valence-corrected chi connectivity index (χ2v) is 4.84. The lowest BCUT2D eigenvalue weighted by atomic mass is 10.1. The number of halogens is 4. The molecule has 0 aliphatic carbocycles. The first-order valence-corrected chi connectivity index (χ1v) is 5.44. The summed E-state index contributed by atoms with van der Waals surface area (Å²) >= 11 is 22.8. The van der Waals surface area contributed by atoms with Crippen molar-refractivity contribution in [3.8, 4) is 0 Å². The molecule has 11 heavy (non-hydrogen) atoms. The van der Waals surface area contributed by atoms with E-state index >= 15 is 0 Å². The summed E-state index contributed by atoms with van der Waals surface area (Å²) in [5.74, 6) is 1.18. The van der Waals surface area contributed by atoms with E-state index in [-0.39, 0.29) is 0 Å². The van der Waals surface area contributed by atoms with Gasteiger partial charge in [0.1, 0.15) is 4.33 Å². The molecule has 0 bridgehead atoms. The number of rotatable bonds is 6. The molecule has 0 aromatic carbocycles. The Morgan fingerprint density at radius 3 is 1.91 bits per heavy atom. The molecule has 0 nitrogen and oxygen atoms in total. The zero-order valence-corrected chi connectivity index (χ0v) is 9.28. The lowest BCUT2D eigenvalue weighted by molar-refractivity contribution is 0.624. The molecule has 0 radical (unpaired) electrons. The average molecular weight is 238 g/mol. The van der Waals surface area contributed by atoms with Crippen molar-refractivity contribution in [2.24, 2.45) is 0 Å². The van der Waals surface area contributed by atoms with Crippen molar-refractivity contribution in [2.75, 3.05) is 11.8 Å². The van der Waals surface area contributed by atoms with Crippen LogP contribution in [0.3, 0.4) is 0 Å². The van der Waals surface area contributed by atoms with E-state index in [1.165, 1.54) is 0 Å². The van der Waals surface area contributed by atoms with Crippen molar-refractivity contribution in [3.63, 3.8) is 0 Å². The lowest BCUT2D eigenvalue weighted by Crippen LogP contribution is -2.13. The highest BCUT2D eigenvalue weighted by atomic mass is 35.5. The fraction of sp³-hybridized carbons (Fsp3) is 1.00. The zero-order chi connectivity index (χ0) is 8.74. The monoisotopic (exact) mass is 236 g/mol. The summed E-state index contributed by atoms with van der Waals surface area (Å²) in [5, 5.41) is 0. The van der Waals surface area contributed by atoms with Crippen molar-refractivity contribution in [1.29, 1.82) is 0 Å². The fourth-order valence-corrected chi connectivity index (χ4v) is 1.90. The highest BCUT2D eigenvalue weighted by Gasteiger charge is 2.21. The third-order valence-electron chi connectivity index (χ3n) is 1.39. The molecule has 68 valence electrons. The highest BCUT2D eigenvalue weighted by Crippen LogP contribution is 2.31. The third kappa shape index (κ3) is 7.52. The molecule has 4 heteroatoms. The minimum atomic E-state index is -0.645. The summed E-state index contributed by atoms with van der Waals surface area (Å²) < 4.78 is -0.645. The fourth-order valence-electron chi connectivity index (χ4n) is 0.741. The van der Waals surface area contributed by atoms with E-state index in [9.17, 15) is 0 Å². The van der Waals surface area contributed by atoms with Crippen LogP contribution in [0.4, 0.5) is 0 Å². The molecular formula is C7H12Cl4. The average Bonchev–Trinajstić information content (AvgIpc) is 1.87. The Hall–Kier alpha value is 1.16. The van der Waals surface area contributed by atoms with Crippen LogP contribution in [0.5, 0.6) is 0 Å². The third-order valence-corrected chi connectivity index (χ3v) is 2.60. The largest absolute Gasteiger partial charge is 0.127 e. The molecular weight excluding hydrogens is 226 g/mol. The molecule has 0 aromatic rings. The van der Waals surface area contributed by atoms with Crippen LogP contribution >= 0.6 is 46.4 Å². The van der Waals surface area contributed by atoms with Gasteiger partial charge >= 0.3 is 0 Å². The van der Waals surface area contributed by atoms with Crippen molar-refractivity contribution in [3.05, 3.63) is 0 Å². The van der Waals surface area contributed by atoms with E-state index in [2.05, 4.69) is 0 Å². The smallest absolute Gasteiger partial charge is 0.119 e. The Morgan fingerprint density at radius 1 is 0.818 bits per heavy atom. The predicted molar refractivity (Wildman–Crippen MR) is 54.3 cm³/mol. The number of hydrogen-bond donors (Lipinski definition) is 0. The van der Waals surface area contributed by atoms with Gasteiger partial charge in [-0.2, -0.15) is 0 Å². The second kappa shape index (κ2) is 6.65. The minimum Gasteiger partial charge on any atom is -0.127 e. The first-order chi connectivity index (χ1) is 5.12. The SMILES string of the molecule is ClCCCCC(Cl)(Cl)CCCl. The summed E-state index contributed by atoms with van der Waals surface area (Å²) in [4.78, 5) is 0. The van der Waals surface area contributed by atoms with E-state index < -0.39 is 4.33 Å². The maximum atomic E-state index is 5.91. The Balaban J connectivity index is 3.38. The van der Waals surface area contributed by atoms with Gasteiger partial charge in [0.25, 0.3) is 0 Å². The first kappa shape index (κ1) is 12.2. The van der Waals surface area contributed by atoms with Gasteiger partial charge < -0.3 is 0 Å². The number of hydrogen-bond acceptors (Lipinski definition) is 0. The molecule has 0 heterocycles. The molecule has 0 N–H and O–H groups in total. The number of alkyl halides is 4. The van der Waals surface area contributed by atoms with Crippen LogP contribution < -0.4 is 0 Å². The molecule has 0 aliphatic heterocycles. The normalized spacial score (nSPS) is 12.0. The Morgan fingerprint density at radius 2 is 1.45 bits per heavy atom. The van der Waals surface area contributed by atoms with Gasteiger partial charge in [0.05, 0.1) is 0 Å². The van der Waals surface area contributed by atoms with Crippen LogP contribution in [0.25, 0.3) is 0 Å². The standard InChI is InChI=1S/C7H12Cl4/c8-5-2-1-3-7(10,11)4-6-9/h1-6H2. The van der Waals surface area contributed by atoms with Gasteiger partial charge in [-0.05, 0) is 25.7 Å². The minimum absolute atomic E-state index is 0.508. The van der Waals surface area contributed by atoms with Gasteiger partial charge in [-0.1, -0.05) is 0 Å². The maximum Gasteiger partial charge on any atom is 0.119 e. The molecule has 0 aromatic heterocycles. The van der Waals surface area contributed by atoms with E-state index in [0.29, 0.717) is 18.2 Å². The lowest BCUT2D eigenvalue weighted by Gasteiger charge is -2.17. The molecule has 0 fully saturated rings. The van der Waals surface area contributed by atoms with Crippen LogP contribution in [0.1, 0.15) is 25.7 Å². The van der Waals surface area contributed by atoms with E-state index in [4.69, 9.17) is 46.4 Å². The molecule has 0 amide bonds. The Kier molecular flexibility index (Phi) is 7.35. The van der Waals surface area contributed by atoms with Gasteiger partial charge in [-0.3, -0.25) is 0 Å². The number of unbranched alkanes of at least 4 members (excludes halogenated alkanes) is 1. The van der Waals surface area contributed by atoms with Crippen LogP contribution in [0, 0.1) is 0 Å². The van der Waals surface area contributed by atoms with Crippen molar-refractivity contribution >= 4 is 46.4 Å². The quantitative estimate of drug-likeness (QED) is 0.480. The highest BCUT2D eigenvalue weighted by molar-refractivity contribution is 6.48. The Bertz CT molecular complexity index is 92.4. The summed E-state index contributed by atoms with van der Waals surface area (Å²) in [7, 11) is 0. The van der Waals surface area contributed by atoms with E-state index in [0.717, 1.165) is 19.3 Å². The van der Waals surface area contributed by atoms with Crippen molar-refractivity contribution < 1.29 is 0 Å². The summed E-state index contributed by atoms with van der Waals surface area (Å²) in [5.41, 5.74) is 0. The van der Waals surface area contributed by atoms with Crippen LogP contribution in [-0.2, 0) is 0 Å². The molecule has 0 aliphatic rings. The van der Waals surface area contributed by atoms with Gasteiger partial charge in [0.15, 0.2) is 0 Å². The molecule has 0 spiro atoms. The molecule has 0 rings (SSSR count). The van der Waals surface area contributed by atoms with Gasteiger partial charge in [0.2, 0.25) is 0 Å². The topological polar surface area (TPSA) is 0 Å². The maximum absolute atomic E-state index is 5.91. The summed E-state index contributed by atoms with van der Waals surface area (Å²) in [6.07, 6.45) is 3.34. The Labute approximate surface area is 88.1 Å². The molecule has 0 saturated carbocycles. The van der Waals surface area contributed by atoms with Crippen LogP contribution in [-0.4, -0.2) is 16.1 Å². The van der Waals surface area contributed by atoms with Gasteiger partial charge in [-0.25, -0.2) is 0 Å². The summed E-state index contributed by atoms with van der Waals surface area (Å²) in [6.45, 7) is 0. The van der Waals surface area contributed by atoms with Crippen LogP contribution in [0.2, 0.25) is 0 Å². The second-order valence-electron chi connectivity index (χ2n) is 2.44.